The molecule has 0 atom stereocenters. The lowest BCUT2D eigenvalue weighted by molar-refractivity contribution is -0.118. The molecule has 0 unspecified atom stereocenters. The van der Waals surface area contributed by atoms with Crippen LogP contribution in [0.1, 0.15) is 83.1 Å². The number of aromatic nitrogens is 1. The van der Waals surface area contributed by atoms with Crippen molar-refractivity contribution in [1.82, 2.24) is 9.88 Å². The number of halogens is 1. The Morgan fingerprint density at radius 2 is 1.76 bits per heavy atom. The van der Waals surface area contributed by atoms with Crippen LogP contribution in [-0.4, -0.2) is 39.4 Å². The predicted molar refractivity (Wildman–Crippen MR) is 124 cm³/mol. The summed E-state index contributed by atoms with van der Waals surface area (Å²) in [5, 5.41) is 15.2. The van der Waals surface area contributed by atoms with E-state index < -0.39 is 17.6 Å². The van der Waals surface area contributed by atoms with Crippen molar-refractivity contribution in [2.24, 2.45) is 7.05 Å². The van der Waals surface area contributed by atoms with Gasteiger partial charge in [0.1, 0.15) is 5.82 Å². The standard InChI is InChI=1S/C25H32FN3O4/c1-13(2)21-20(24(32)28-17-8-11-19(26)14(3)12-17)15(4)22(29(21)5)23(31)25(33)27-16-6-9-18(30)10-7-16/h8,11-13,16,18,30H,6-7,9-10H2,1-5H3,(H,27,33)(H,28,32). The molecule has 1 aromatic carbocycles. The molecule has 1 heterocycles. The maximum Gasteiger partial charge on any atom is 0.294 e. The summed E-state index contributed by atoms with van der Waals surface area (Å²) in [5.74, 6) is -2.28. The fraction of sp³-hybridized carbons (Fsp3) is 0.480. The first-order valence-corrected chi connectivity index (χ1v) is 11.3. The Hall–Kier alpha value is -3.00. The van der Waals surface area contributed by atoms with Crippen molar-refractivity contribution in [3.63, 3.8) is 0 Å². The highest BCUT2D eigenvalue weighted by atomic mass is 19.1. The predicted octanol–water partition coefficient (Wildman–Crippen LogP) is 3.76. The summed E-state index contributed by atoms with van der Waals surface area (Å²) in [5.41, 5.74) is 2.43. The topological polar surface area (TPSA) is 100 Å². The van der Waals surface area contributed by atoms with Crippen LogP contribution in [0, 0.1) is 19.7 Å². The Labute approximate surface area is 193 Å². The highest BCUT2D eigenvalue weighted by molar-refractivity contribution is 6.43. The molecule has 2 amide bonds. The van der Waals surface area contributed by atoms with E-state index in [1.807, 2.05) is 13.8 Å². The third kappa shape index (κ3) is 5.16. The van der Waals surface area contributed by atoms with Gasteiger partial charge in [-0.15, -0.1) is 0 Å². The first-order chi connectivity index (χ1) is 15.5. The van der Waals surface area contributed by atoms with Crippen LogP contribution in [0.5, 0.6) is 0 Å². The minimum absolute atomic E-state index is 0.0890. The number of aryl methyl sites for hydroxylation is 1. The fourth-order valence-corrected chi connectivity index (χ4v) is 4.63. The zero-order valence-electron chi connectivity index (χ0n) is 19.8. The molecule has 1 saturated carbocycles. The summed E-state index contributed by atoms with van der Waals surface area (Å²) >= 11 is 0. The Bertz CT molecular complexity index is 1080. The first-order valence-electron chi connectivity index (χ1n) is 11.3. The number of carbonyl (C=O) groups is 3. The second-order valence-electron chi connectivity index (χ2n) is 9.17. The molecule has 3 N–H and O–H groups in total. The van der Waals surface area contributed by atoms with Gasteiger partial charge in [0, 0.05) is 24.5 Å². The second-order valence-corrected chi connectivity index (χ2v) is 9.17. The number of hydrogen-bond donors (Lipinski definition) is 3. The number of benzene rings is 1. The highest BCUT2D eigenvalue weighted by Crippen LogP contribution is 2.29. The molecule has 7 nitrogen and oxygen atoms in total. The van der Waals surface area contributed by atoms with Crippen molar-refractivity contribution in [3.8, 4) is 0 Å². The maximum atomic E-state index is 13.6. The molecule has 0 bridgehead atoms. The molecule has 0 saturated heterocycles. The van der Waals surface area contributed by atoms with E-state index in [0.29, 0.717) is 53.8 Å². The van der Waals surface area contributed by atoms with Gasteiger partial charge in [-0.3, -0.25) is 14.4 Å². The van der Waals surface area contributed by atoms with Crippen LogP contribution in [0.2, 0.25) is 0 Å². The number of aliphatic hydroxyl groups excluding tert-OH is 1. The van der Waals surface area contributed by atoms with E-state index in [2.05, 4.69) is 10.6 Å². The van der Waals surface area contributed by atoms with Crippen molar-refractivity contribution in [3.05, 3.63) is 52.1 Å². The Morgan fingerprint density at radius 3 is 2.33 bits per heavy atom. The number of carbonyl (C=O) groups excluding carboxylic acids is 3. The van der Waals surface area contributed by atoms with E-state index in [0.717, 1.165) is 0 Å². The lowest BCUT2D eigenvalue weighted by Crippen LogP contribution is -2.42. The van der Waals surface area contributed by atoms with Gasteiger partial charge >= 0.3 is 0 Å². The molecule has 1 aliphatic rings. The number of nitrogens with one attached hydrogen (secondary N) is 2. The minimum Gasteiger partial charge on any atom is -0.393 e. The molecular weight excluding hydrogens is 425 g/mol. The largest absolute Gasteiger partial charge is 0.393 e. The third-order valence-electron chi connectivity index (χ3n) is 6.33. The van der Waals surface area contributed by atoms with Crippen LogP contribution in [0.25, 0.3) is 0 Å². The molecule has 0 radical (unpaired) electrons. The molecule has 3 rings (SSSR count). The third-order valence-corrected chi connectivity index (χ3v) is 6.33. The summed E-state index contributed by atoms with van der Waals surface area (Å²) in [6.45, 7) is 7.10. The number of nitrogens with zero attached hydrogens (tertiary/aromatic N) is 1. The lowest BCUT2D eigenvalue weighted by Gasteiger charge is -2.25. The van der Waals surface area contributed by atoms with Gasteiger partial charge in [0.15, 0.2) is 0 Å². The molecule has 33 heavy (non-hydrogen) atoms. The van der Waals surface area contributed by atoms with E-state index in [4.69, 9.17) is 0 Å². The zero-order valence-corrected chi connectivity index (χ0v) is 19.8. The van der Waals surface area contributed by atoms with Gasteiger partial charge in [0.25, 0.3) is 17.6 Å². The number of amides is 2. The highest BCUT2D eigenvalue weighted by Gasteiger charge is 2.32. The van der Waals surface area contributed by atoms with E-state index in [1.54, 1.807) is 31.5 Å². The Kier molecular flexibility index (Phi) is 7.37. The first kappa shape index (κ1) is 24.6. The van der Waals surface area contributed by atoms with Crippen LogP contribution >= 0.6 is 0 Å². The van der Waals surface area contributed by atoms with Gasteiger partial charge in [-0.1, -0.05) is 13.8 Å². The molecule has 2 aromatic rings. The van der Waals surface area contributed by atoms with Crippen LogP contribution in [0.15, 0.2) is 18.2 Å². The lowest BCUT2D eigenvalue weighted by atomic mass is 9.93. The SMILES string of the molecule is Cc1cc(NC(=O)c2c(C)c(C(=O)C(=O)NC3CCC(O)CC3)n(C)c2C(C)C)ccc1F. The van der Waals surface area contributed by atoms with Crippen molar-refractivity contribution >= 4 is 23.3 Å². The monoisotopic (exact) mass is 457 g/mol. The van der Waals surface area contributed by atoms with Gasteiger partial charge < -0.3 is 20.3 Å². The quantitative estimate of drug-likeness (QED) is 0.454. The summed E-state index contributed by atoms with van der Waals surface area (Å²) in [6, 6.07) is 4.16. The molecule has 0 spiro atoms. The fourth-order valence-electron chi connectivity index (χ4n) is 4.63. The van der Waals surface area contributed by atoms with Gasteiger partial charge in [-0.25, -0.2) is 4.39 Å². The molecule has 1 aromatic heterocycles. The van der Waals surface area contributed by atoms with Gasteiger partial charge in [0.05, 0.1) is 17.4 Å². The average Bonchev–Trinajstić information content (AvgIpc) is 3.02. The number of aliphatic hydroxyl groups is 1. The van der Waals surface area contributed by atoms with E-state index in [9.17, 15) is 23.9 Å². The van der Waals surface area contributed by atoms with Crippen molar-refractivity contribution in [2.45, 2.75) is 71.4 Å². The van der Waals surface area contributed by atoms with Crippen LogP contribution in [0.4, 0.5) is 10.1 Å². The van der Waals surface area contributed by atoms with Crippen molar-refractivity contribution in [2.75, 3.05) is 5.32 Å². The average molecular weight is 458 g/mol. The smallest absolute Gasteiger partial charge is 0.294 e. The number of ketones is 1. The van der Waals surface area contributed by atoms with Gasteiger partial charge in [-0.05, 0) is 74.8 Å². The molecule has 1 aliphatic carbocycles. The summed E-state index contributed by atoms with van der Waals surface area (Å²) in [6.07, 6.45) is 2.06. The van der Waals surface area contributed by atoms with E-state index in [-0.39, 0.29) is 29.6 Å². The molecule has 8 heteroatoms. The summed E-state index contributed by atoms with van der Waals surface area (Å²) < 4.78 is 15.2. The van der Waals surface area contributed by atoms with Crippen LogP contribution in [0.3, 0.4) is 0 Å². The molecule has 0 aliphatic heterocycles. The number of anilines is 1. The molecule has 1 fully saturated rings. The number of Topliss-reactive ketones (excluding diaryl/α,β-unsaturated/α-hetero) is 1. The molecular formula is C25H32FN3O4. The second kappa shape index (κ2) is 9.87. The zero-order chi connectivity index (χ0) is 24.4. The summed E-state index contributed by atoms with van der Waals surface area (Å²) in [7, 11) is 1.68. The minimum atomic E-state index is -0.712. The van der Waals surface area contributed by atoms with Gasteiger partial charge in [0.2, 0.25) is 0 Å². The van der Waals surface area contributed by atoms with Crippen molar-refractivity contribution in [1.29, 1.82) is 0 Å². The summed E-state index contributed by atoms with van der Waals surface area (Å²) in [4.78, 5) is 39.1. The number of rotatable bonds is 6. The van der Waals surface area contributed by atoms with E-state index >= 15 is 0 Å². The van der Waals surface area contributed by atoms with Crippen LogP contribution in [-0.2, 0) is 11.8 Å². The van der Waals surface area contributed by atoms with Gasteiger partial charge in [-0.2, -0.15) is 0 Å². The number of hydrogen-bond acceptors (Lipinski definition) is 4. The Morgan fingerprint density at radius 1 is 1.12 bits per heavy atom. The molecule has 178 valence electrons. The maximum absolute atomic E-state index is 13.6. The normalized spacial score (nSPS) is 18.3. The van der Waals surface area contributed by atoms with Crippen molar-refractivity contribution < 1.29 is 23.9 Å². The van der Waals surface area contributed by atoms with Crippen LogP contribution < -0.4 is 10.6 Å². The van der Waals surface area contributed by atoms with E-state index in [1.165, 1.54) is 12.1 Å². The Balaban J connectivity index is 1.89.